The van der Waals surface area contributed by atoms with Crippen molar-refractivity contribution in [1.82, 2.24) is 5.32 Å². The van der Waals surface area contributed by atoms with E-state index in [-0.39, 0.29) is 5.75 Å². The van der Waals surface area contributed by atoms with Crippen LogP contribution in [0.15, 0.2) is 23.9 Å². The maximum Gasteiger partial charge on any atom is 0.525 e. The standard InChI is InChI=1S/C18H23BFNO4/c1-16(2)17(3,4)25-19(24-16)15(20)11-8-18(9-21-10-18)23-13-7-5-6-12(22)14(11)13/h5-7,21-22H,8-10H2,1-4H3. The molecular weight excluding hydrogens is 324 g/mol. The SMILES string of the molecule is CC1(C)OB(C(F)=C2CC3(CNC3)Oc3cccc(O)c32)OC1(C)C. The summed E-state index contributed by atoms with van der Waals surface area (Å²) in [4.78, 5) is 0. The normalized spacial score (nSPS) is 27.5. The summed E-state index contributed by atoms with van der Waals surface area (Å²) in [5.74, 6) is 0.496. The van der Waals surface area contributed by atoms with E-state index in [1.807, 2.05) is 27.7 Å². The van der Waals surface area contributed by atoms with Gasteiger partial charge in [-0.1, -0.05) is 6.07 Å². The zero-order valence-electron chi connectivity index (χ0n) is 15.0. The lowest BCUT2D eigenvalue weighted by molar-refractivity contribution is 0.00578. The van der Waals surface area contributed by atoms with Crippen LogP contribution in [0.2, 0.25) is 0 Å². The minimum absolute atomic E-state index is 0.00120. The first-order chi connectivity index (χ1) is 11.6. The molecule has 3 aliphatic heterocycles. The maximum absolute atomic E-state index is 15.5. The van der Waals surface area contributed by atoms with Crippen LogP contribution in [0.3, 0.4) is 0 Å². The number of phenols is 1. The van der Waals surface area contributed by atoms with E-state index in [0.717, 1.165) is 0 Å². The van der Waals surface area contributed by atoms with Crippen LogP contribution < -0.4 is 10.1 Å². The molecule has 0 radical (unpaired) electrons. The predicted octanol–water partition coefficient (Wildman–Crippen LogP) is 2.83. The largest absolute Gasteiger partial charge is 0.525 e. The van der Waals surface area contributed by atoms with Crippen LogP contribution in [0.25, 0.3) is 5.57 Å². The molecule has 3 heterocycles. The Hall–Kier alpha value is -1.57. The second-order valence-electron chi connectivity index (χ2n) is 8.13. The summed E-state index contributed by atoms with van der Waals surface area (Å²) in [6.45, 7) is 8.83. The second kappa shape index (κ2) is 5.22. The fourth-order valence-electron chi connectivity index (χ4n) is 3.48. The van der Waals surface area contributed by atoms with E-state index in [1.54, 1.807) is 12.1 Å². The lowest BCUT2D eigenvalue weighted by atomic mass is 9.75. The number of benzene rings is 1. The fourth-order valence-corrected chi connectivity index (χ4v) is 3.48. The van der Waals surface area contributed by atoms with Crippen molar-refractivity contribution in [2.75, 3.05) is 13.1 Å². The van der Waals surface area contributed by atoms with Gasteiger partial charge in [0.2, 0.25) is 0 Å². The zero-order chi connectivity index (χ0) is 18.0. The molecule has 3 aliphatic rings. The van der Waals surface area contributed by atoms with Crippen molar-refractivity contribution in [3.8, 4) is 11.5 Å². The maximum atomic E-state index is 15.5. The van der Waals surface area contributed by atoms with E-state index in [1.165, 1.54) is 6.07 Å². The van der Waals surface area contributed by atoms with Crippen molar-refractivity contribution in [2.24, 2.45) is 0 Å². The Balaban J connectivity index is 1.79. The number of fused-ring (bicyclic) bond motifs is 1. The summed E-state index contributed by atoms with van der Waals surface area (Å²) in [6.07, 6.45) is 0.362. The van der Waals surface area contributed by atoms with Crippen LogP contribution >= 0.6 is 0 Å². The average molecular weight is 347 g/mol. The minimum atomic E-state index is -1.09. The summed E-state index contributed by atoms with van der Waals surface area (Å²) in [5.41, 5.74) is -1.42. The Morgan fingerprint density at radius 1 is 1.16 bits per heavy atom. The highest BCUT2D eigenvalue weighted by Gasteiger charge is 2.55. The Morgan fingerprint density at radius 2 is 1.80 bits per heavy atom. The Morgan fingerprint density at radius 3 is 2.36 bits per heavy atom. The van der Waals surface area contributed by atoms with E-state index < -0.39 is 29.6 Å². The third-order valence-corrected chi connectivity index (χ3v) is 5.77. The highest BCUT2D eigenvalue weighted by molar-refractivity contribution is 6.55. The molecule has 1 aromatic carbocycles. The van der Waals surface area contributed by atoms with Gasteiger partial charge in [-0.15, -0.1) is 0 Å². The molecule has 7 heteroatoms. The molecule has 0 unspecified atom stereocenters. The third-order valence-electron chi connectivity index (χ3n) is 5.77. The van der Waals surface area contributed by atoms with Crippen molar-refractivity contribution in [3.05, 3.63) is 29.5 Å². The molecule has 1 aromatic rings. The predicted molar refractivity (Wildman–Crippen MR) is 93.1 cm³/mol. The van der Waals surface area contributed by atoms with Crippen LogP contribution in [-0.4, -0.2) is 42.1 Å². The van der Waals surface area contributed by atoms with Crippen molar-refractivity contribution in [3.63, 3.8) is 0 Å². The molecule has 1 spiro atoms. The van der Waals surface area contributed by atoms with Crippen molar-refractivity contribution >= 4 is 12.7 Å². The topological polar surface area (TPSA) is 60.0 Å². The summed E-state index contributed by atoms with van der Waals surface area (Å²) in [6, 6.07) is 4.99. The van der Waals surface area contributed by atoms with Gasteiger partial charge in [0.25, 0.3) is 0 Å². The first-order valence-corrected chi connectivity index (χ1v) is 8.60. The van der Waals surface area contributed by atoms with E-state index in [9.17, 15) is 5.11 Å². The third kappa shape index (κ3) is 2.48. The van der Waals surface area contributed by atoms with Crippen molar-refractivity contribution < 1.29 is 23.5 Å². The molecule has 0 amide bonds. The first-order valence-electron chi connectivity index (χ1n) is 8.60. The molecule has 134 valence electrons. The van der Waals surface area contributed by atoms with E-state index in [4.69, 9.17) is 14.0 Å². The molecule has 2 fully saturated rings. The zero-order valence-corrected chi connectivity index (χ0v) is 15.0. The van der Waals surface area contributed by atoms with Crippen LogP contribution in [0.5, 0.6) is 11.5 Å². The molecule has 5 nitrogen and oxygen atoms in total. The summed E-state index contributed by atoms with van der Waals surface area (Å²) < 4.78 is 33.3. The smallest absolute Gasteiger partial charge is 0.507 e. The number of hydrogen-bond donors (Lipinski definition) is 2. The number of aromatic hydroxyl groups is 1. The van der Waals surface area contributed by atoms with Crippen LogP contribution in [0.1, 0.15) is 39.7 Å². The number of halogens is 1. The number of rotatable bonds is 1. The number of ether oxygens (including phenoxy) is 1. The van der Waals surface area contributed by atoms with Gasteiger partial charge in [-0.3, -0.25) is 0 Å². The summed E-state index contributed by atoms with van der Waals surface area (Å²) in [5, 5.41) is 13.5. The first kappa shape index (κ1) is 16.9. The number of hydrogen-bond acceptors (Lipinski definition) is 5. The molecule has 0 atom stereocenters. The van der Waals surface area contributed by atoms with Gasteiger partial charge < -0.3 is 24.5 Å². The molecule has 25 heavy (non-hydrogen) atoms. The minimum Gasteiger partial charge on any atom is -0.507 e. The number of nitrogens with one attached hydrogen (secondary N) is 1. The van der Waals surface area contributed by atoms with Gasteiger partial charge in [0.1, 0.15) is 22.8 Å². The van der Waals surface area contributed by atoms with Crippen LogP contribution in [0, 0.1) is 0 Å². The lowest BCUT2D eigenvalue weighted by Crippen LogP contribution is -2.64. The van der Waals surface area contributed by atoms with Gasteiger partial charge in [-0.25, -0.2) is 4.39 Å². The van der Waals surface area contributed by atoms with E-state index >= 15 is 4.39 Å². The second-order valence-corrected chi connectivity index (χ2v) is 8.13. The fraction of sp³-hybridized carbons (Fsp3) is 0.556. The molecule has 0 aliphatic carbocycles. The van der Waals surface area contributed by atoms with Crippen LogP contribution in [0.4, 0.5) is 4.39 Å². The van der Waals surface area contributed by atoms with E-state index in [2.05, 4.69) is 5.32 Å². The molecule has 0 aromatic heterocycles. The Bertz CT molecular complexity index is 741. The number of phenolic OH excluding ortho intramolecular Hbond substituents is 1. The average Bonchev–Trinajstić information content (AvgIpc) is 2.72. The van der Waals surface area contributed by atoms with Gasteiger partial charge in [0.05, 0.1) is 16.8 Å². The molecule has 2 N–H and O–H groups in total. The van der Waals surface area contributed by atoms with Crippen molar-refractivity contribution in [2.45, 2.75) is 50.9 Å². The van der Waals surface area contributed by atoms with Gasteiger partial charge in [0.15, 0.2) is 0 Å². The Kier molecular flexibility index (Phi) is 3.52. The molecule has 0 bridgehead atoms. The monoisotopic (exact) mass is 347 g/mol. The molecular formula is C18H23BFNO4. The lowest BCUT2D eigenvalue weighted by Gasteiger charge is -2.46. The summed E-state index contributed by atoms with van der Waals surface area (Å²) in [7, 11) is -1.09. The summed E-state index contributed by atoms with van der Waals surface area (Å²) >= 11 is 0. The molecule has 2 saturated heterocycles. The quantitative estimate of drug-likeness (QED) is 0.765. The molecule has 4 rings (SSSR count). The van der Waals surface area contributed by atoms with Gasteiger partial charge in [-0.2, -0.15) is 0 Å². The van der Waals surface area contributed by atoms with Gasteiger partial charge in [-0.05, 0) is 45.4 Å². The molecule has 0 saturated carbocycles. The highest BCUT2D eigenvalue weighted by atomic mass is 19.1. The van der Waals surface area contributed by atoms with E-state index in [0.29, 0.717) is 36.4 Å². The van der Waals surface area contributed by atoms with Gasteiger partial charge in [0, 0.05) is 19.5 Å². The van der Waals surface area contributed by atoms with Crippen LogP contribution in [-0.2, 0) is 9.31 Å². The Labute approximate surface area is 147 Å². The van der Waals surface area contributed by atoms with Crippen molar-refractivity contribution in [1.29, 1.82) is 0 Å². The highest BCUT2D eigenvalue weighted by Crippen LogP contribution is 2.49. The van der Waals surface area contributed by atoms with Gasteiger partial charge >= 0.3 is 7.12 Å².